The van der Waals surface area contributed by atoms with E-state index in [0.717, 1.165) is 6.07 Å². The van der Waals surface area contributed by atoms with Crippen LogP contribution in [0.5, 0.6) is 0 Å². The van der Waals surface area contributed by atoms with Gasteiger partial charge in [0.2, 0.25) is 0 Å². The van der Waals surface area contributed by atoms with E-state index in [-0.39, 0.29) is 23.3 Å². The molecular weight excluding hydrogens is 225 g/mol. The molecule has 0 aliphatic rings. The molecular formula is C10H9F3OS. The van der Waals surface area contributed by atoms with Gasteiger partial charge in [-0.1, -0.05) is 6.07 Å². The Hall–Kier alpha value is -0.970. The van der Waals surface area contributed by atoms with Gasteiger partial charge in [-0.25, -0.2) is 0 Å². The van der Waals surface area contributed by atoms with Crippen molar-refractivity contribution in [2.45, 2.75) is 23.9 Å². The minimum Gasteiger partial charge on any atom is -0.303 e. The first kappa shape index (κ1) is 12.1. The summed E-state index contributed by atoms with van der Waals surface area (Å²) < 4.78 is 37.6. The SMILES string of the molecule is O=CCCc1ccc(S)cc1C(F)(F)F. The molecule has 1 aromatic rings. The Morgan fingerprint density at radius 2 is 2.00 bits per heavy atom. The minimum absolute atomic E-state index is 0.0923. The van der Waals surface area contributed by atoms with Crippen LogP contribution in [0.2, 0.25) is 0 Å². The number of hydrogen-bond donors (Lipinski definition) is 1. The standard InChI is InChI=1S/C10H9F3OS/c11-10(12,13)9-6-8(15)4-3-7(9)2-1-5-14/h3-6,15H,1-2H2. The van der Waals surface area contributed by atoms with Crippen LogP contribution >= 0.6 is 12.6 Å². The minimum atomic E-state index is -4.39. The Balaban J connectivity index is 3.09. The maximum Gasteiger partial charge on any atom is 0.416 e. The number of carbonyl (C=O) groups is 1. The van der Waals surface area contributed by atoms with E-state index in [1.165, 1.54) is 12.1 Å². The third-order valence-electron chi connectivity index (χ3n) is 1.93. The van der Waals surface area contributed by atoms with Gasteiger partial charge in [-0.2, -0.15) is 13.2 Å². The summed E-state index contributed by atoms with van der Waals surface area (Å²) in [6.45, 7) is 0. The van der Waals surface area contributed by atoms with Crippen LogP contribution in [0, 0.1) is 0 Å². The summed E-state index contributed by atoms with van der Waals surface area (Å²) in [5, 5.41) is 0. The van der Waals surface area contributed by atoms with Gasteiger partial charge in [0, 0.05) is 11.3 Å². The predicted molar refractivity (Wildman–Crippen MR) is 53.1 cm³/mol. The molecule has 0 amide bonds. The van der Waals surface area contributed by atoms with Crippen LogP contribution in [-0.2, 0) is 17.4 Å². The number of aryl methyl sites for hydroxylation is 1. The van der Waals surface area contributed by atoms with Gasteiger partial charge in [-0.3, -0.25) is 0 Å². The second-order valence-corrected chi connectivity index (χ2v) is 3.56. The maximum absolute atomic E-state index is 12.5. The summed E-state index contributed by atoms with van der Waals surface area (Å²) in [6, 6.07) is 3.82. The summed E-state index contributed by atoms with van der Waals surface area (Å²) >= 11 is 3.85. The van der Waals surface area contributed by atoms with Crippen molar-refractivity contribution in [1.29, 1.82) is 0 Å². The molecule has 15 heavy (non-hydrogen) atoms. The molecule has 5 heteroatoms. The van der Waals surface area contributed by atoms with Gasteiger partial charge in [0.25, 0.3) is 0 Å². The van der Waals surface area contributed by atoms with Gasteiger partial charge >= 0.3 is 6.18 Å². The van der Waals surface area contributed by atoms with Crippen molar-refractivity contribution in [3.05, 3.63) is 29.3 Å². The van der Waals surface area contributed by atoms with Crippen LogP contribution < -0.4 is 0 Å². The van der Waals surface area contributed by atoms with Gasteiger partial charge in [0.1, 0.15) is 6.29 Å². The quantitative estimate of drug-likeness (QED) is 0.628. The molecule has 0 spiro atoms. The van der Waals surface area contributed by atoms with Crippen molar-refractivity contribution >= 4 is 18.9 Å². The van der Waals surface area contributed by atoms with E-state index in [4.69, 9.17) is 0 Å². The number of aldehydes is 1. The molecule has 0 radical (unpaired) electrons. The molecule has 0 heterocycles. The van der Waals surface area contributed by atoms with Crippen LogP contribution in [0.3, 0.4) is 0 Å². The van der Waals surface area contributed by atoms with E-state index in [0.29, 0.717) is 6.29 Å². The zero-order valence-corrected chi connectivity index (χ0v) is 8.61. The number of hydrogen-bond acceptors (Lipinski definition) is 2. The number of thiol groups is 1. The van der Waals surface area contributed by atoms with Crippen LogP contribution in [-0.4, -0.2) is 6.29 Å². The van der Waals surface area contributed by atoms with Crippen LogP contribution in [0.1, 0.15) is 17.5 Å². The fourth-order valence-corrected chi connectivity index (χ4v) is 1.46. The Labute approximate surface area is 90.7 Å². The Morgan fingerprint density at radius 1 is 1.33 bits per heavy atom. The second-order valence-electron chi connectivity index (χ2n) is 3.04. The number of halogens is 3. The van der Waals surface area contributed by atoms with Crippen molar-refractivity contribution in [1.82, 2.24) is 0 Å². The molecule has 0 fully saturated rings. The molecule has 0 aromatic heterocycles. The number of carbonyl (C=O) groups excluding carboxylic acids is 1. The van der Waals surface area contributed by atoms with Crippen LogP contribution in [0.15, 0.2) is 23.1 Å². The average molecular weight is 234 g/mol. The van der Waals surface area contributed by atoms with E-state index in [1.54, 1.807) is 0 Å². The molecule has 0 N–H and O–H groups in total. The van der Waals surface area contributed by atoms with Gasteiger partial charge < -0.3 is 4.79 Å². The first-order valence-corrected chi connectivity index (χ1v) is 4.72. The number of alkyl halides is 3. The number of benzene rings is 1. The Morgan fingerprint density at radius 3 is 2.53 bits per heavy atom. The summed E-state index contributed by atoms with van der Waals surface area (Å²) in [7, 11) is 0. The normalized spacial score (nSPS) is 11.5. The smallest absolute Gasteiger partial charge is 0.303 e. The molecule has 0 unspecified atom stereocenters. The molecule has 0 aliphatic heterocycles. The number of rotatable bonds is 3. The van der Waals surface area contributed by atoms with E-state index < -0.39 is 11.7 Å². The van der Waals surface area contributed by atoms with Crippen molar-refractivity contribution in [2.75, 3.05) is 0 Å². The van der Waals surface area contributed by atoms with Gasteiger partial charge in [0.15, 0.2) is 0 Å². The topological polar surface area (TPSA) is 17.1 Å². The molecule has 82 valence electrons. The summed E-state index contributed by atoms with van der Waals surface area (Å²) in [4.78, 5) is 10.4. The molecule has 1 rings (SSSR count). The highest BCUT2D eigenvalue weighted by Gasteiger charge is 2.33. The fraction of sp³-hybridized carbons (Fsp3) is 0.300. The highest BCUT2D eigenvalue weighted by molar-refractivity contribution is 7.80. The van der Waals surface area contributed by atoms with Gasteiger partial charge in [-0.15, -0.1) is 12.6 Å². The van der Waals surface area contributed by atoms with E-state index in [9.17, 15) is 18.0 Å². The lowest BCUT2D eigenvalue weighted by atomic mass is 10.0. The third kappa shape index (κ3) is 3.27. The lowest BCUT2D eigenvalue weighted by molar-refractivity contribution is -0.138. The first-order valence-electron chi connectivity index (χ1n) is 4.28. The second kappa shape index (κ2) is 4.70. The molecule has 1 nitrogen and oxygen atoms in total. The fourth-order valence-electron chi connectivity index (χ4n) is 1.26. The van der Waals surface area contributed by atoms with Crippen molar-refractivity contribution in [2.24, 2.45) is 0 Å². The Kier molecular flexibility index (Phi) is 3.79. The zero-order chi connectivity index (χ0) is 11.5. The molecule has 0 bridgehead atoms. The zero-order valence-electron chi connectivity index (χ0n) is 7.71. The van der Waals surface area contributed by atoms with E-state index in [2.05, 4.69) is 12.6 Å². The highest BCUT2D eigenvalue weighted by atomic mass is 32.1. The molecule has 0 saturated carbocycles. The maximum atomic E-state index is 12.5. The third-order valence-corrected chi connectivity index (χ3v) is 2.21. The van der Waals surface area contributed by atoms with E-state index >= 15 is 0 Å². The van der Waals surface area contributed by atoms with E-state index in [1.807, 2.05) is 0 Å². The summed E-state index contributed by atoms with van der Waals surface area (Å²) in [5.74, 6) is 0. The molecule has 0 saturated heterocycles. The van der Waals surface area contributed by atoms with Gasteiger partial charge in [0.05, 0.1) is 5.56 Å². The summed E-state index contributed by atoms with van der Waals surface area (Å²) in [6.07, 6.45) is -3.59. The van der Waals surface area contributed by atoms with Crippen molar-refractivity contribution in [3.8, 4) is 0 Å². The molecule has 0 atom stereocenters. The molecule has 1 aromatic carbocycles. The largest absolute Gasteiger partial charge is 0.416 e. The van der Waals surface area contributed by atoms with Crippen LogP contribution in [0.25, 0.3) is 0 Å². The predicted octanol–water partition coefficient (Wildman–Crippen LogP) is 3.13. The highest BCUT2D eigenvalue weighted by Crippen LogP contribution is 2.33. The van der Waals surface area contributed by atoms with Crippen molar-refractivity contribution in [3.63, 3.8) is 0 Å². The monoisotopic (exact) mass is 234 g/mol. The lowest BCUT2D eigenvalue weighted by Crippen LogP contribution is -2.09. The lowest BCUT2D eigenvalue weighted by Gasteiger charge is -2.12. The Bertz CT molecular complexity index is 360. The summed E-state index contributed by atoms with van der Waals surface area (Å²) in [5.41, 5.74) is -0.579. The van der Waals surface area contributed by atoms with Crippen LogP contribution in [0.4, 0.5) is 13.2 Å². The van der Waals surface area contributed by atoms with Crippen molar-refractivity contribution < 1.29 is 18.0 Å². The average Bonchev–Trinajstić information content (AvgIpc) is 2.14. The first-order chi connectivity index (χ1) is 6.95. The molecule has 0 aliphatic carbocycles. The van der Waals surface area contributed by atoms with Gasteiger partial charge in [-0.05, 0) is 24.1 Å².